The summed E-state index contributed by atoms with van der Waals surface area (Å²) in [6, 6.07) is 0.780. The van der Waals surface area contributed by atoms with Gasteiger partial charge in [0, 0.05) is 32.8 Å². The molecule has 0 aliphatic carbocycles. The zero-order valence-corrected chi connectivity index (χ0v) is 17.2. The van der Waals surface area contributed by atoms with E-state index in [9.17, 15) is 0 Å². The Morgan fingerprint density at radius 2 is 2.04 bits per heavy atom. The molecule has 0 amide bonds. The lowest BCUT2D eigenvalue weighted by Crippen LogP contribution is -2.41. The van der Waals surface area contributed by atoms with Gasteiger partial charge in [0.2, 0.25) is 0 Å². The van der Waals surface area contributed by atoms with Crippen LogP contribution in [0.5, 0.6) is 0 Å². The predicted molar refractivity (Wildman–Crippen MR) is 108 cm³/mol. The van der Waals surface area contributed by atoms with Gasteiger partial charge in [-0.2, -0.15) is 0 Å². The van der Waals surface area contributed by atoms with Crippen LogP contribution in [0.1, 0.15) is 51.9 Å². The van der Waals surface area contributed by atoms with Crippen LogP contribution < -0.4 is 10.6 Å². The van der Waals surface area contributed by atoms with Gasteiger partial charge in [-0.3, -0.25) is 4.99 Å². The SMILES string of the molecule is CN=C(NCCCCN1CCCCC1C)NCC1CCCO1.I. The molecule has 2 atom stereocenters. The fraction of sp³-hybridized carbons (Fsp3) is 0.941. The van der Waals surface area contributed by atoms with Gasteiger partial charge in [-0.05, 0) is 58.5 Å². The number of hydrogen-bond acceptors (Lipinski definition) is 3. The molecule has 2 unspecified atom stereocenters. The Bertz CT molecular complexity index is 335. The third-order valence-corrected chi connectivity index (χ3v) is 4.85. The lowest BCUT2D eigenvalue weighted by atomic mass is 10.0. The molecule has 2 heterocycles. The number of rotatable bonds is 7. The fourth-order valence-electron chi connectivity index (χ4n) is 3.37. The Hall–Kier alpha value is -0.0800. The van der Waals surface area contributed by atoms with E-state index < -0.39 is 0 Å². The molecule has 6 heteroatoms. The summed E-state index contributed by atoms with van der Waals surface area (Å²) in [6.07, 6.45) is 9.33. The van der Waals surface area contributed by atoms with E-state index in [0.29, 0.717) is 6.10 Å². The second-order valence-electron chi connectivity index (χ2n) is 6.60. The molecule has 0 radical (unpaired) electrons. The number of ether oxygens (including phenoxy) is 1. The fourth-order valence-corrected chi connectivity index (χ4v) is 3.37. The van der Waals surface area contributed by atoms with Gasteiger partial charge >= 0.3 is 0 Å². The highest BCUT2D eigenvalue weighted by Gasteiger charge is 2.17. The first-order chi connectivity index (χ1) is 10.8. The number of unbranched alkanes of at least 4 members (excludes halogenated alkanes) is 1. The molecule has 2 aliphatic rings. The Labute approximate surface area is 159 Å². The lowest BCUT2D eigenvalue weighted by Gasteiger charge is -2.33. The van der Waals surface area contributed by atoms with Crippen LogP contribution in [-0.2, 0) is 4.74 Å². The van der Waals surface area contributed by atoms with Crippen LogP contribution >= 0.6 is 24.0 Å². The van der Waals surface area contributed by atoms with Gasteiger partial charge in [0.05, 0.1) is 6.10 Å². The molecule has 136 valence electrons. The highest BCUT2D eigenvalue weighted by molar-refractivity contribution is 14.0. The minimum Gasteiger partial charge on any atom is -0.376 e. The molecule has 0 spiro atoms. The largest absolute Gasteiger partial charge is 0.376 e. The van der Waals surface area contributed by atoms with E-state index in [1.807, 2.05) is 7.05 Å². The first-order valence-corrected chi connectivity index (χ1v) is 9.10. The summed E-state index contributed by atoms with van der Waals surface area (Å²) < 4.78 is 5.62. The second-order valence-corrected chi connectivity index (χ2v) is 6.60. The Morgan fingerprint density at radius 3 is 2.74 bits per heavy atom. The summed E-state index contributed by atoms with van der Waals surface area (Å²) in [4.78, 5) is 6.92. The molecule has 0 aromatic rings. The Balaban J connectivity index is 0.00000264. The average molecular weight is 438 g/mol. The molecule has 0 saturated carbocycles. The maximum absolute atomic E-state index is 5.62. The number of nitrogens with zero attached hydrogens (tertiary/aromatic N) is 2. The van der Waals surface area contributed by atoms with E-state index in [4.69, 9.17) is 4.74 Å². The molecule has 5 nitrogen and oxygen atoms in total. The van der Waals surface area contributed by atoms with Crippen molar-refractivity contribution in [3.05, 3.63) is 0 Å². The van der Waals surface area contributed by atoms with Crippen LogP contribution in [0, 0.1) is 0 Å². The summed E-state index contributed by atoms with van der Waals surface area (Å²) in [7, 11) is 1.83. The summed E-state index contributed by atoms with van der Waals surface area (Å²) in [6.45, 7) is 7.67. The van der Waals surface area contributed by atoms with E-state index in [0.717, 1.165) is 38.1 Å². The van der Waals surface area contributed by atoms with Crippen LogP contribution in [-0.4, -0.2) is 62.8 Å². The summed E-state index contributed by atoms with van der Waals surface area (Å²) in [5, 5.41) is 6.77. The number of nitrogens with one attached hydrogen (secondary N) is 2. The van der Waals surface area contributed by atoms with Gasteiger partial charge in [0.25, 0.3) is 0 Å². The summed E-state index contributed by atoms with van der Waals surface area (Å²) in [5.74, 6) is 0.904. The van der Waals surface area contributed by atoms with Crippen molar-refractivity contribution in [3.63, 3.8) is 0 Å². The average Bonchev–Trinajstić information content (AvgIpc) is 3.05. The maximum Gasteiger partial charge on any atom is 0.191 e. The number of likely N-dealkylation sites (tertiary alicyclic amines) is 1. The molecule has 0 bridgehead atoms. The third kappa shape index (κ3) is 8.03. The second kappa shape index (κ2) is 12.3. The van der Waals surface area contributed by atoms with Crippen LogP contribution in [0.3, 0.4) is 0 Å². The highest BCUT2D eigenvalue weighted by Crippen LogP contribution is 2.16. The quantitative estimate of drug-likeness (QED) is 0.278. The molecular formula is C17H35IN4O. The molecule has 0 aromatic heterocycles. The monoisotopic (exact) mass is 438 g/mol. The minimum absolute atomic E-state index is 0. The normalized spacial score (nSPS) is 25.9. The third-order valence-electron chi connectivity index (χ3n) is 4.85. The molecule has 23 heavy (non-hydrogen) atoms. The van der Waals surface area contributed by atoms with E-state index in [2.05, 4.69) is 27.4 Å². The van der Waals surface area contributed by atoms with Crippen LogP contribution in [0.25, 0.3) is 0 Å². The zero-order chi connectivity index (χ0) is 15.6. The van der Waals surface area contributed by atoms with E-state index in [1.54, 1.807) is 0 Å². The van der Waals surface area contributed by atoms with E-state index >= 15 is 0 Å². The van der Waals surface area contributed by atoms with Crippen molar-refractivity contribution in [3.8, 4) is 0 Å². The van der Waals surface area contributed by atoms with Crippen molar-refractivity contribution in [1.82, 2.24) is 15.5 Å². The van der Waals surface area contributed by atoms with Gasteiger partial charge in [-0.1, -0.05) is 6.42 Å². The molecule has 2 N–H and O–H groups in total. The highest BCUT2D eigenvalue weighted by atomic mass is 127. The molecular weight excluding hydrogens is 403 g/mol. The van der Waals surface area contributed by atoms with Crippen LogP contribution in [0.4, 0.5) is 0 Å². The van der Waals surface area contributed by atoms with E-state index in [1.165, 1.54) is 51.6 Å². The first-order valence-electron chi connectivity index (χ1n) is 9.10. The van der Waals surface area contributed by atoms with Crippen molar-refractivity contribution in [2.75, 3.05) is 39.8 Å². The maximum atomic E-state index is 5.62. The van der Waals surface area contributed by atoms with Gasteiger partial charge in [0.1, 0.15) is 0 Å². The molecule has 2 saturated heterocycles. The van der Waals surface area contributed by atoms with E-state index in [-0.39, 0.29) is 24.0 Å². The Kier molecular flexibility index (Phi) is 11.2. The van der Waals surface area contributed by atoms with Gasteiger partial charge < -0.3 is 20.3 Å². The number of aliphatic imine (C=N–C) groups is 1. The van der Waals surface area contributed by atoms with Crippen LogP contribution in [0.2, 0.25) is 0 Å². The summed E-state index contributed by atoms with van der Waals surface area (Å²) >= 11 is 0. The van der Waals surface area contributed by atoms with Gasteiger partial charge in [0.15, 0.2) is 5.96 Å². The summed E-state index contributed by atoms with van der Waals surface area (Å²) in [5.41, 5.74) is 0. The van der Waals surface area contributed by atoms with Crippen molar-refractivity contribution in [1.29, 1.82) is 0 Å². The first kappa shape index (κ1) is 21.0. The zero-order valence-electron chi connectivity index (χ0n) is 14.9. The lowest BCUT2D eigenvalue weighted by molar-refractivity contribution is 0.114. The molecule has 2 aliphatic heterocycles. The van der Waals surface area contributed by atoms with Crippen molar-refractivity contribution in [2.24, 2.45) is 4.99 Å². The van der Waals surface area contributed by atoms with Crippen molar-refractivity contribution >= 4 is 29.9 Å². The van der Waals surface area contributed by atoms with Crippen molar-refractivity contribution < 1.29 is 4.74 Å². The van der Waals surface area contributed by atoms with Gasteiger partial charge in [-0.15, -0.1) is 24.0 Å². The van der Waals surface area contributed by atoms with Crippen LogP contribution in [0.15, 0.2) is 4.99 Å². The predicted octanol–water partition coefficient (Wildman–Crippen LogP) is 2.60. The minimum atomic E-state index is 0. The Morgan fingerprint density at radius 1 is 1.17 bits per heavy atom. The smallest absolute Gasteiger partial charge is 0.191 e. The number of guanidine groups is 1. The number of piperidine rings is 1. The number of hydrogen-bond donors (Lipinski definition) is 2. The molecule has 2 fully saturated rings. The molecule has 2 rings (SSSR count). The standard InChI is InChI=1S/C17H34N4O.HI/c1-15-8-3-5-11-21(15)12-6-4-10-19-17(18-2)20-14-16-9-7-13-22-16;/h15-16H,3-14H2,1-2H3,(H2,18,19,20);1H. The van der Waals surface area contributed by atoms with Crippen molar-refractivity contribution in [2.45, 2.75) is 64.0 Å². The topological polar surface area (TPSA) is 48.9 Å². The van der Waals surface area contributed by atoms with Gasteiger partial charge in [-0.25, -0.2) is 0 Å². The molecule has 0 aromatic carbocycles. The number of halogens is 1.